The van der Waals surface area contributed by atoms with Crippen molar-refractivity contribution in [1.82, 2.24) is 10.6 Å². The zero-order valence-corrected chi connectivity index (χ0v) is 11.7. The highest BCUT2D eigenvalue weighted by atomic mass is 32.2. The van der Waals surface area contributed by atoms with E-state index in [0.717, 1.165) is 32.2 Å². The molecule has 1 amide bonds. The summed E-state index contributed by atoms with van der Waals surface area (Å²) in [6.45, 7) is 3.09. The third-order valence-electron chi connectivity index (χ3n) is 4.35. The van der Waals surface area contributed by atoms with Gasteiger partial charge in [-0.2, -0.15) is 11.8 Å². The van der Waals surface area contributed by atoms with Crippen molar-refractivity contribution in [2.75, 3.05) is 12.8 Å². The number of carbonyl (C=O) groups is 1. The molecule has 0 aromatic carbocycles. The Hall–Kier alpha value is -0.220. The normalized spacial score (nSPS) is 37.3. The Bertz CT molecular complexity index is 277. The van der Waals surface area contributed by atoms with Crippen LogP contribution in [0.2, 0.25) is 0 Å². The second-order valence-corrected chi connectivity index (χ2v) is 6.33. The van der Waals surface area contributed by atoms with Gasteiger partial charge in [0.1, 0.15) is 0 Å². The molecule has 3 nitrogen and oxygen atoms in total. The van der Waals surface area contributed by atoms with E-state index in [-0.39, 0.29) is 11.4 Å². The second kappa shape index (κ2) is 5.61. The molecule has 0 radical (unpaired) electrons. The summed E-state index contributed by atoms with van der Waals surface area (Å²) in [7, 11) is 0. The van der Waals surface area contributed by atoms with Gasteiger partial charge in [0.25, 0.3) is 0 Å². The fourth-order valence-electron chi connectivity index (χ4n) is 3.14. The summed E-state index contributed by atoms with van der Waals surface area (Å²) in [6, 6.07) is 0.392. The van der Waals surface area contributed by atoms with E-state index < -0.39 is 0 Å². The molecule has 2 rings (SSSR count). The van der Waals surface area contributed by atoms with E-state index in [1.165, 1.54) is 12.8 Å². The van der Waals surface area contributed by atoms with E-state index in [4.69, 9.17) is 0 Å². The van der Waals surface area contributed by atoms with Gasteiger partial charge in [-0.1, -0.05) is 13.3 Å². The van der Waals surface area contributed by atoms with Gasteiger partial charge in [0, 0.05) is 11.3 Å². The van der Waals surface area contributed by atoms with Crippen LogP contribution in [0.3, 0.4) is 0 Å². The van der Waals surface area contributed by atoms with Gasteiger partial charge in [0.2, 0.25) is 5.91 Å². The van der Waals surface area contributed by atoms with Crippen LogP contribution >= 0.6 is 11.8 Å². The highest BCUT2D eigenvalue weighted by Crippen LogP contribution is 2.30. The number of rotatable bonds is 4. The summed E-state index contributed by atoms with van der Waals surface area (Å²) < 4.78 is 0. The fraction of sp³-hybridized carbons (Fsp3) is 0.923. The van der Waals surface area contributed by atoms with Crippen LogP contribution in [-0.4, -0.2) is 35.5 Å². The van der Waals surface area contributed by atoms with Crippen LogP contribution in [-0.2, 0) is 4.79 Å². The van der Waals surface area contributed by atoms with Crippen LogP contribution in [0.4, 0.5) is 0 Å². The Labute approximate surface area is 108 Å². The zero-order valence-electron chi connectivity index (χ0n) is 10.9. The van der Waals surface area contributed by atoms with Crippen LogP contribution in [0.25, 0.3) is 0 Å². The first-order valence-electron chi connectivity index (χ1n) is 6.80. The van der Waals surface area contributed by atoms with Crippen LogP contribution in [0.5, 0.6) is 0 Å². The van der Waals surface area contributed by atoms with Crippen molar-refractivity contribution in [3.05, 3.63) is 0 Å². The lowest BCUT2D eigenvalue weighted by molar-refractivity contribution is -0.127. The minimum Gasteiger partial charge on any atom is -0.351 e. The molecule has 2 fully saturated rings. The third-order valence-corrected chi connectivity index (χ3v) is 5.52. The Morgan fingerprint density at radius 1 is 1.47 bits per heavy atom. The molecule has 98 valence electrons. The Morgan fingerprint density at radius 2 is 2.29 bits per heavy atom. The van der Waals surface area contributed by atoms with Gasteiger partial charge in [0.15, 0.2) is 0 Å². The summed E-state index contributed by atoms with van der Waals surface area (Å²) in [5.41, 5.74) is -0.272. The molecule has 4 heteroatoms. The van der Waals surface area contributed by atoms with Crippen LogP contribution in [0.15, 0.2) is 0 Å². The monoisotopic (exact) mass is 256 g/mol. The smallest absolute Gasteiger partial charge is 0.240 e. The van der Waals surface area contributed by atoms with Gasteiger partial charge in [-0.3, -0.25) is 4.79 Å². The third kappa shape index (κ3) is 2.63. The van der Waals surface area contributed by atoms with Crippen LogP contribution in [0, 0.1) is 0 Å². The zero-order chi connectivity index (χ0) is 12.3. The maximum Gasteiger partial charge on any atom is 0.240 e. The second-order valence-electron chi connectivity index (χ2n) is 5.25. The van der Waals surface area contributed by atoms with Gasteiger partial charge in [-0.25, -0.2) is 0 Å². The van der Waals surface area contributed by atoms with Crippen molar-refractivity contribution in [2.45, 2.75) is 62.3 Å². The summed E-state index contributed by atoms with van der Waals surface area (Å²) in [5, 5.41) is 7.32. The highest BCUT2D eigenvalue weighted by molar-refractivity contribution is 7.99. The largest absolute Gasteiger partial charge is 0.351 e. The molecule has 1 aliphatic carbocycles. The number of hydrogen-bond acceptors (Lipinski definition) is 3. The van der Waals surface area contributed by atoms with Crippen molar-refractivity contribution >= 4 is 17.7 Å². The molecular weight excluding hydrogens is 232 g/mol. The van der Waals surface area contributed by atoms with Gasteiger partial charge in [-0.15, -0.1) is 0 Å². The minimum absolute atomic E-state index is 0.239. The van der Waals surface area contributed by atoms with Gasteiger partial charge < -0.3 is 10.6 Å². The average molecular weight is 256 g/mol. The molecular formula is C13H24N2OS. The molecule has 0 aromatic rings. The molecule has 17 heavy (non-hydrogen) atoms. The molecule has 1 saturated carbocycles. The lowest BCUT2D eigenvalue weighted by Crippen LogP contribution is -2.56. The van der Waals surface area contributed by atoms with Crippen molar-refractivity contribution in [3.63, 3.8) is 0 Å². The topological polar surface area (TPSA) is 41.1 Å². The summed E-state index contributed by atoms with van der Waals surface area (Å²) in [4.78, 5) is 12.4. The van der Waals surface area contributed by atoms with Crippen LogP contribution < -0.4 is 10.6 Å². The standard InChI is InChI=1S/C13H24N2OS/c1-3-13(8-5-9-14-13)12(16)15-10-6-4-7-11(10)17-2/h10-11,14H,3-9H2,1-2H3,(H,15,16). The maximum atomic E-state index is 12.4. The molecule has 1 saturated heterocycles. The Kier molecular flexibility index (Phi) is 4.36. The van der Waals surface area contributed by atoms with E-state index in [1.54, 1.807) is 0 Å². The predicted molar refractivity (Wildman–Crippen MR) is 73.3 cm³/mol. The van der Waals surface area contributed by atoms with E-state index in [9.17, 15) is 4.79 Å². The molecule has 1 aliphatic heterocycles. The molecule has 0 bridgehead atoms. The fourth-order valence-corrected chi connectivity index (χ4v) is 4.08. The number of nitrogens with one attached hydrogen (secondary N) is 2. The van der Waals surface area contributed by atoms with E-state index in [2.05, 4.69) is 23.8 Å². The predicted octanol–water partition coefficient (Wildman–Crippen LogP) is 1.92. The number of amides is 1. The van der Waals surface area contributed by atoms with Gasteiger partial charge in [0.05, 0.1) is 5.54 Å². The SMILES string of the molecule is CCC1(C(=O)NC2CCCC2SC)CCCN1. The average Bonchev–Trinajstić information content (AvgIpc) is 2.97. The van der Waals surface area contributed by atoms with E-state index in [1.807, 2.05) is 11.8 Å². The van der Waals surface area contributed by atoms with Crippen molar-refractivity contribution < 1.29 is 4.79 Å². The van der Waals surface area contributed by atoms with Crippen LogP contribution in [0.1, 0.15) is 45.4 Å². The van der Waals surface area contributed by atoms with E-state index >= 15 is 0 Å². The summed E-state index contributed by atoms with van der Waals surface area (Å²) >= 11 is 1.90. The van der Waals surface area contributed by atoms with Crippen molar-refractivity contribution in [2.24, 2.45) is 0 Å². The first-order chi connectivity index (χ1) is 8.22. The molecule has 0 aromatic heterocycles. The molecule has 1 heterocycles. The van der Waals surface area contributed by atoms with E-state index in [0.29, 0.717) is 11.3 Å². The number of carbonyl (C=O) groups excluding carboxylic acids is 1. The quantitative estimate of drug-likeness (QED) is 0.807. The lowest BCUT2D eigenvalue weighted by Gasteiger charge is -2.30. The van der Waals surface area contributed by atoms with Gasteiger partial charge >= 0.3 is 0 Å². The molecule has 0 spiro atoms. The van der Waals surface area contributed by atoms with Crippen molar-refractivity contribution in [3.8, 4) is 0 Å². The lowest BCUT2D eigenvalue weighted by atomic mass is 9.92. The summed E-state index contributed by atoms with van der Waals surface area (Å²) in [5.74, 6) is 0.239. The number of thioether (sulfide) groups is 1. The molecule has 2 aliphatic rings. The highest BCUT2D eigenvalue weighted by Gasteiger charge is 2.41. The first kappa shape index (κ1) is 13.2. The Balaban J connectivity index is 1.96. The number of hydrogen-bond donors (Lipinski definition) is 2. The Morgan fingerprint density at radius 3 is 2.88 bits per heavy atom. The van der Waals surface area contributed by atoms with Crippen molar-refractivity contribution in [1.29, 1.82) is 0 Å². The summed E-state index contributed by atoms with van der Waals surface area (Å²) in [6.07, 6.45) is 8.82. The maximum absolute atomic E-state index is 12.4. The molecule has 3 atom stereocenters. The van der Waals surface area contributed by atoms with Gasteiger partial charge in [-0.05, 0) is 44.9 Å². The minimum atomic E-state index is -0.272. The molecule has 3 unspecified atom stereocenters. The molecule has 2 N–H and O–H groups in total. The first-order valence-corrected chi connectivity index (χ1v) is 8.09.